The average Bonchev–Trinajstić information content (AvgIpc) is 3.01. The number of halogens is 3. The topological polar surface area (TPSA) is 118 Å². The quantitative estimate of drug-likeness (QED) is 0.802. The van der Waals surface area contributed by atoms with Crippen LogP contribution < -0.4 is 5.73 Å². The van der Waals surface area contributed by atoms with Gasteiger partial charge in [0.2, 0.25) is 5.91 Å². The molecule has 0 bridgehead atoms. The van der Waals surface area contributed by atoms with Gasteiger partial charge < -0.3 is 10.8 Å². The van der Waals surface area contributed by atoms with Crippen LogP contribution in [0.5, 0.6) is 0 Å². The number of primary amides is 1. The lowest BCUT2D eigenvalue weighted by Crippen LogP contribution is -2.37. The molecule has 1 amide bonds. The first-order valence-corrected chi connectivity index (χ1v) is 8.81. The lowest BCUT2D eigenvalue weighted by Gasteiger charge is -2.18. The predicted octanol–water partition coefficient (Wildman–Crippen LogP) is 1.04. The first kappa shape index (κ1) is 18.7. The maximum absolute atomic E-state index is 13.0. The average molecular weight is 386 g/mol. The molecule has 24 heavy (non-hydrogen) atoms. The number of carbonyl (C=O) groups excluding carboxylic acids is 1. The zero-order valence-electron chi connectivity index (χ0n) is 12.2. The van der Waals surface area contributed by atoms with Crippen molar-refractivity contribution >= 4 is 33.2 Å². The highest BCUT2D eigenvalue weighted by atomic mass is 32.2. The van der Waals surface area contributed by atoms with Crippen molar-refractivity contribution in [1.82, 2.24) is 4.31 Å². The molecule has 0 unspecified atom stereocenters. The minimum atomic E-state index is -4.78. The summed E-state index contributed by atoms with van der Waals surface area (Å²) in [4.78, 5) is 22.0. The summed E-state index contributed by atoms with van der Waals surface area (Å²) >= 11 is 0.453. The molecule has 2 heterocycles. The van der Waals surface area contributed by atoms with Crippen molar-refractivity contribution in [2.75, 3.05) is 13.1 Å². The third-order valence-electron chi connectivity index (χ3n) is 3.76. The van der Waals surface area contributed by atoms with Crippen LogP contribution in [0.4, 0.5) is 13.2 Å². The monoisotopic (exact) mass is 386 g/mol. The lowest BCUT2D eigenvalue weighted by atomic mass is 9.95. The highest BCUT2D eigenvalue weighted by Gasteiger charge is 2.54. The number of carboxylic acids is 1. The molecule has 0 saturated carbocycles. The number of thiophene rings is 1. The molecular weight excluding hydrogens is 373 g/mol. The van der Waals surface area contributed by atoms with E-state index in [0.717, 1.165) is 6.07 Å². The molecule has 1 saturated heterocycles. The van der Waals surface area contributed by atoms with Gasteiger partial charge in [0.05, 0.1) is 11.8 Å². The summed E-state index contributed by atoms with van der Waals surface area (Å²) in [7, 11) is -4.35. The maximum Gasteiger partial charge on any atom is 0.393 e. The number of carboxylic acid groups (broad SMARTS) is 1. The smallest absolute Gasteiger partial charge is 0.393 e. The number of nitrogens with two attached hydrogens (primary N) is 1. The Labute approximate surface area is 138 Å². The number of alkyl halides is 3. The van der Waals surface area contributed by atoms with Gasteiger partial charge in [-0.15, -0.1) is 11.3 Å². The molecular formula is C12H13F3N2O5S2. The Bertz CT molecular complexity index is 787. The molecule has 1 aliphatic heterocycles. The molecule has 12 heteroatoms. The van der Waals surface area contributed by atoms with E-state index in [9.17, 15) is 31.2 Å². The number of amides is 1. The van der Waals surface area contributed by atoms with Crippen molar-refractivity contribution in [2.24, 2.45) is 17.6 Å². The number of hydrogen-bond acceptors (Lipinski definition) is 5. The number of aryl methyl sites for hydroxylation is 1. The first-order chi connectivity index (χ1) is 10.9. The second-order valence-electron chi connectivity index (χ2n) is 5.36. The van der Waals surface area contributed by atoms with E-state index in [2.05, 4.69) is 0 Å². The van der Waals surface area contributed by atoms with E-state index in [4.69, 9.17) is 10.8 Å². The number of hydrogen-bond donors (Lipinski definition) is 2. The second-order valence-corrected chi connectivity index (χ2v) is 8.58. The summed E-state index contributed by atoms with van der Waals surface area (Å²) in [6, 6.07) is 1.09. The summed E-state index contributed by atoms with van der Waals surface area (Å²) in [5.74, 6) is -6.43. The first-order valence-electron chi connectivity index (χ1n) is 6.55. The molecule has 0 radical (unpaired) electrons. The number of rotatable bonds is 4. The molecule has 1 aromatic heterocycles. The van der Waals surface area contributed by atoms with E-state index in [1.54, 1.807) is 0 Å². The van der Waals surface area contributed by atoms with Gasteiger partial charge in [0.25, 0.3) is 10.0 Å². The molecule has 0 spiro atoms. The van der Waals surface area contributed by atoms with Gasteiger partial charge in [-0.1, -0.05) is 0 Å². The summed E-state index contributed by atoms with van der Waals surface area (Å²) < 4.78 is 64.1. The molecule has 1 aromatic rings. The largest absolute Gasteiger partial charge is 0.477 e. The minimum Gasteiger partial charge on any atom is -0.477 e. The molecule has 1 fully saturated rings. The van der Waals surface area contributed by atoms with Gasteiger partial charge in [-0.2, -0.15) is 17.5 Å². The Balaban J connectivity index is 2.39. The molecule has 0 aliphatic carbocycles. The maximum atomic E-state index is 13.0. The van der Waals surface area contributed by atoms with Crippen LogP contribution in [0, 0.1) is 18.8 Å². The van der Waals surface area contributed by atoms with Gasteiger partial charge >= 0.3 is 12.1 Å². The van der Waals surface area contributed by atoms with Crippen molar-refractivity contribution in [3.05, 3.63) is 16.5 Å². The van der Waals surface area contributed by atoms with Crippen molar-refractivity contribution < 1.29 is 36.3 Å². The van der Waals surface area contributed by atoms with Gasteiger partial charge in [0.15, 0.2) is 0 Å². The third-order valence-corrected chi connectivity index (χ3v) is 7.26. The van der Waals surface area contributed by atoms with Gasteiger partial charge in [-0.25, -0.2) is 13.2 Å². The zero-order chi connectivity index (χ0) is 18.4. The number of sulfonamides is 1. The standard InChI is InChI=1S/C12H13F3N2O5S2/c1-5-2-8(23-9(5)11(19)20)24(21,22)17-3-6(10(16)18)7(4-17)12(13,14)15/h2,6-7H,3-4H2,1H3,(H2,16,18)(H,19,20)/t6-,7-/m0/s1. The molecule has 0 aromatic carbocycles. The van der Waals surface area contributed by atoms with Gasteiger partial charge in [0, 0.05) is 13.1 Å². The lowest BCUT2D eigenvalue weighted by molar-refractivity contribution is -0.182. The van der Waals surface area contributed by atoms with E-state index in [1.807, 2.05) is 0 Å². The van der Waals surface area contributed by atoms with E-state index in [0.29, 0.717) is 15.6 Å². The highest BCUT2D eigenvalue weighted by Crippen LogP contribution is 2.40. The Morgan fingerprint density at radius 2 is 1.96 bits per heavy atom. The predicted molar refractivity (Wildman–Crippen MR) is 77.0 cm³/mol. The molecule has 1 aliphatic rings. The number of carbonyl (C=O) groups is 2. The number of nitrogens with zero attached hydrogens (tertiary/aromatic N) is 1. The van der Waals surface area contributed by atoms with Crippen molar-refractivity contribution in [3.63, 3.8) is 0 Å². The van der Waals surface area contributed by atoms with Gasteiger partial charge in [-0.05, 0) is 18.6 Å². The minimum absolute atomic E-state index is 0.184. The van der Waals surface area contributed by atoms with Crippen LogP contribution in [-0.4, -0.2) is 49.0 Å². The van der Waals surface area contributed by atoms with Crippen LogP contribution in [0.3, 0.4) is 0 Å². The van der Waals surface area contributed by atoms with Crippen molar-refractivity contribution in [3.8, 4) is 0 Å². The van der Waals surface area contributed by atoms with Crippen LogP contribution >= 0.6 is 11.3 Å². The SMILES string of the molecule is Cc1cc(S(=O)(=O)N2C[C@H](C(N)=O)[C@@H](C(F)(F)F)C2)sc1C(=O)O. The highest BCUT2D eigenvalue weighted by molar-refractivity contribution is 7.91. The van der Waals surface area contributed by atoms with Crippen LogP contribution in [-0.2, 0) is 14.8 Å². The molecule has 7 nitrogen and oxygen atoms in total. The second kappa shape index (κ2) is 6.01. The fraction of sp³-hybridized carbons (Fsp3) is 0.500. The Hall–Kier alpha value is -1.66. The summed E-state index contributed by atoms with van der Waals surface area (Å²) in [5, 5.41) is 8.97. The number of aromatic carboxylic acids is 1. The van der Waals surface area contributed by atoms with E-state index in [-0.39, 0.29) is 14.6 Å². The Morgan fingerprint density at radius 3 is 2.33 bits per heavy atom. The van der Waals surface area contributed by atoms with Gasteiger partial charge in [0.1, 0.15) is 9.09 Å². The molecule has 3 N–H and O–H groups in total. The molecule has 2 rings (SSSR count). The summed E-state index contributed by atoms with van der Waals surface area (Å²) in [5.41, 5.74) is 5.15. The Morgan fingerprint density at radius 1 is 1.38 bits per heavy atom. The Kier molecular flexibility index (Phi) is 4.67. The zero-order valence-corrected chi connectivity index (χ0v) is 13.8. The fourth-order valence-electron chi connectivity index (χ4n) is 2.50. The normalized spacial score (nSPS) is 22.7. The van der Waals surface area contributed by atoms with E-state index >= 15 is 0 Å². The van der Waals surface area contributed by atoms with E-state index in [1.165, 1.54) is 6.92 Å². The van der Waals surface area contributed by atoms with Crippen molar-refractivity contribution in [1.29, 1.82) is 0 Å². The fourth-order valence-corrected chi connectivity index (χ4v) is 5.53. The van der Waals surface area contributed by atoms with Crippen LogP contribution in [0.25, 0.3) is 0 Å². The summed E-state index contributed by atoms with van der Waals surface area (Å²) in [6.07, 6.45) is -4.78. The third kappa shape index (κ3) is 3.26. The van der Waals surface area contributed by atoms with E-state index < -0.39 is 53.0 Å². The van der Waals surface area contributed by atoms with Crippen LogP contribution in [0.1, 0.15) is 15.2 Å². The molecule has 2 atom stereocenters. The molecule has 134 valence electrons. The van der Waals surface area contributed by atoms with Crippen molar-refractivity contribution in [2.45, 2.75) is 17.3 Å². The summed E-state index contributed by atoms with van der Waals surface area (Å²) in [6.45, 7) is -0.242. The van der Waals surface area contributed by atoms with Crippen LogP contribution in [0.2, 0.25) is 0 Å². The van der Waals surface area contributed by atoms with Gasteiger partial charge in [-0.3, -0.25) is 4.79 Å². The van der Waals surface area contributed by atoms with Crippen LogP contribution in [0.15, 0.2) is 10.3 Å².